The van der Waals surface area contributed by atoms with Gasteiger partial charge >= 0.3 is 0 Å². The Hall–Kier alpha value is -1.62. The van der Waals surface area contributed by atoms with Crippen molar-refractivity contribution >= 4 is 23.5 Å². The highest BCUT2D eigenvalue weighted by Crippen LogP contribution is 2.11. The molecule has 1 aromatic carbocycles. The van der Waals surface area contributed by atoms with E-state index in [0.717, 1.165) is 24.3 Å². The lowest BCUT2D eigenvalue weighted by molar-refractivity contribution is 0.317. The van der Waals surface area contributed by atoms with Crippen LogP contribution in [0, 0.1) is 0 Å². The number of benzene rings is 1. The molecule has 0 heterocycles. The van der Waals surface area contributed by atoms with Gasteiger partial charge in [0, 0.05) is 7.05 Å². The second-order valence-electron chi connectivity index (χ2n) is 3.37. The average molecular weight is 251 g/mol. The predicted octanol–water partition coefficient (Wildman–Crippen LogP) is 1.90. The summed E-state index contributed by atoms with van der Waals surface area (Å²) in [7, 11) is 1.74. The summed E-state index contributed by atoms with van der Waals surface area (Å²) in [6.07, 6.45) is 2.71. The molecular formula is C12H17N3OS. The first-order valence-electron chi connectivity index (χ1n) is 5.50. The largest absolute Gasteiger partial charge is 0.494 e. The van der Waals surface area contributed by atoms with Crippen LogP contribution in [0.15, 0.2) is 29.4 Å². The summed E-state index contributed by atoms with van der Waals surface area (Å²) in [4.78, 5) is 0. The van der Waals surface area contributed by atoms with E-state index in [9.17, 15) is 0 Å². The molecule has 0 amide bonds. The molecule has 4 nitrogen and oxygen atoms in total. The van der Waals surface area contributed by atoms with Gasteiger partial charge in [0.05, 0.1) is 12.8 Å². The van der Waals surface area contributed by atoms with Crippen molar-refractivity contribution in [2.75, 3.05) is 13.7 Å². The Morgan fingerprint density at radius 1 is 1.41 bits per heavy atom. The fraction of sp³-hybridized carbons (Fsp3) is 0.333. The molecule has 1 rings (SSSR count). The van der Waals surface area contributed by atoms with Gasteiger partial charge in [-0.2, -0.15) is 5.10 Å². The Labute approximate surface area is 107 Å². The standard InChI is InChI=1S/C12H17N3OS/c1-3-8-16-11-6-4-10(5-7-11)9-14-15-12(17)13-2/h4-7,9H,3,8H2,1-2H3,(H2,13,15,17)/b14-9+. The fourth-order valence-corrected chi connectivity index (χ4v) is 1.14. The summed E-state index contributed by atoms with van der Waals surface area (Å²) in [5, 5.41) is 7.24. The van der Waals surface area contributed by atoms with Crippen molar-refractivity contribution in [2.24, 2.45) is 5.10 Å². The van der Waals surface area contributed by atoms with Crippen LogP contribution in [-0.4, -0.2) is 25.0 Å². The molecule has 2 N–H and O–H groups in total. The molecule has 0 spiro atoms. The first kappa shape index (κ1) is 13.4. The van der Waals surface area contributed by atoms with Crippen molar-refractivity contribution in [2.45, 2.75) is 13.3 Å². The van der Waals surface area contributed by atoms with Gasteiger partial charge in [0.2, 0.25) is 0 Å². The van der Waals surface area contributed by atoms with Crippen molar-refractivity contribution in [3.63, 3.8) is 0 Å². The minimum absolute atomic E-state index is 0.490. The number of nitrogens with one attached hydrogen (secondary N) is 2. The molecule has 17 heavy (non-hydrogen) atoms. The zero-order valence-corrected chi connectivity index (χ0v) is 10.9. The third kappa shape index (κ3) is 5.31. The van der Waals surface area contributed by atoms with E-state index >= 15 is 0 Å². The highest BCUT2D eigenvalue weighted by molar-refractivity contribution is 7.80. The first-order chi connectivity index (χ1) is 8.26. The van der Waals surface area contributed by atoms with Crippen molar-refractivity contribution in [3.8, 4) is 5.75 Å². The third-order valence-corrected chi connectivity index (χ3v) is 2.26. The Morgan fingerprint density at radius 3 is 2.71 bits per heavy atom. The Kier molecular flexibility index (Phi) is 6.03. The molecule has 0 unspecified atom stereocenters. The molecule has 0 bridgehead atoms. The van der Waals surface area contributed by atoms with Crippen molar-refractivity contribution in [1.29, 1.82) is 0 Å². The number of rotatable bonds is 5. The summed E-state index contributed by atoms with van der Waals surface area (Å²) in [5.74, 6) is 0.878. The third-order valence-electron chi connectivity index (χ3n) is 1.96. The number of hydrogen-bond acceptors (Lipinski definition) is 3. The van der Waals surface area contributed by atoms with Gasteiger partial charge in [0.25, 0.3) is 0 Å². The van der Waals surface area contributed by atoms with E-state index in [1.165, 1.54) is 0 Å². The van der Waals surface area contributed by atoms with Crippen molar-refractivity contribution in [3.05, 3.63) is 29.8 Å². The number of hydrogen-bond donors (Lipinski definition) is 2. The molecule has 0 aromatic heterocycles. The number of ether oxygens (including phenoxy) is 1. The monoisotopic (exact) mass is 251 g/mol. The molecule has 5 heteroatoms. The van der Waals surface area contributed by atoms with Crippen LogP contribution in [0.4, 0.5) is 0 Å². The summed E-state index contributed by atoms with van der Waals surface area (Å²) in [6, 6.07) is 7.73. The lowest BCUT2D eigenvalue weighted by Gasteiger charge is -2.04. The molecule has 0 radical (unpaired) electrons. The van der Waals surface area contributed by atoms with Gasteiger partial charge < -0.3 is 10.1 Å². The van der Waals surface area contributed by atoms with E-state index in [0.29, 0.717) is 5.11 Å². The second kappa shape index (κ2) is 7.62. The molecule has 1 aromatic rings. The Balaban J connectivity index is 2.47. The molecule has 92 valence electrons. The molecular weight excluding hydrogens is 234 g/mol. The van der Waals surface area contributed by atoms with E-state index in [4.69, 9.17) is 17.0 Å². The Morgan fingerprint density at radius 2 is 2.12 bits per heavy atom. The second-order valence-corrected chi connectivity index (χ2v) is 3.77. The first-order valence-corrected chi connectivity index (χ1v) is 5.90. The molecule has 0 atom stereocenters. The van der Waals surface area contributed by atoms with Gasteiger partial charge in [0.15, 0.2) is 5.11 Å². The zero-order valence-electron chi connectivity index (χ0n) is 10.1. The maximum atomic E-state index is 5.48. The molecule has 0 aliphatic carbocycles. The van der Waals surface area contributed by atoms with E-state index in [-0.39, 0.29) is 0 Å². The summed E-state index contributed by atoms with van der Waals surface area (Å²) < 4.78 is 5.48. The quantitative estimate of drug-likeness (QED) is 0.477. The summed E-state index contributed by atoms with van der Waals surface area (Å²) >= 11 is 4.88. The molecule has 0 fully saturated rings. The molecule has 0 saturated carbocycles. The maximum Gasteiger partial charge on any atom is 0.186 e. The SMILES string of the molecule is CCCOc1ccc(/C=N/NC(=S)NC)cc1. The predicted molar refractivity (Wildman–Crippen MR) is 74.6 cm³/mol. The average Bonchev–Trinajstić information content (AvgIpc) is 2.37. The zero-order chi connectivity index (χ0) is 12.5. The van der Waals surface area contributed by atoms with Crippen LogP contribution in [0.5, 0.6) is 5.75 Å². The topological polar surface area (TPSA) is 45.6 Å². The maximum absolute atomic E-state index is 5.48. The van der Waals surface area contributed by atoms with Crippen molar-refractivity contribution < 1.29 is 4.74 Å². The van der Waals surface area contributed by atoms with Crippen LogP contribution < -0.4 is 15.5 Å². The normalized spacial score (nSPS) is 10.2. The van der Waals surface area contributed by atoms with Gasteiger partial charge in [-0.3, -0.25) is 5.43 Å². The van der Waals surface area contributed by atoms with Crippen LogP contribution in [0.3, 0.4) is 0 Å². The van der Waals surface area contributed by atoms with Crippen LogP contribution in [0.2, 0.25) is 0 Å². The Bertz CT molecular complexity index is 376. The van der Waals surface area contributed by atoms with Crippen LogP contribution in [-0.2, 0) is 0 Å². The van der Waals surface area contributed by atoms with Gasteiger partial charge in [-0.1, -0.05) is 6.92 Å². The van der Waals surface area contributed by atoms with Gasteiger partial charge in [-0.25, -0.2) is 0 Å². The number of thiocarbonyl (C=S) groups is 1. The van der Waals surface area contributed by atoms with E-state index in [2.05, 4.69) is 22.8 Å². The van der Waals surface area contributed by atoms with Crippen molar-refractivity contribution in [1.82, 2.24) is 10.7 Å². The minimum Gasteiger partial charge on any atom is -0.494 e. The smallest absolute Gasteiger partial charge is 0.186 e. The lowest BCUT2D eigenvalue weighted by atomic mass is 10.2. The molecule has 0 aliphatic rings. The fourth-order valence-electron chi connectivity index (χ4n) is 1.09. The highest BCUT2D eigenvalue weighted by Gasteiger charge is 1.93. The van der Waals surface area contributed by atoms with Gasteiger partial charge in [-0.05, 0) is 48.5 Å². The number of nitrogens with zero attached hydrogens (tertiary/aromatic N) is 1. The molecule has 0 saturated heterocycles. The summed E-state index contributed by atoms with van der Waals surface area (Å²) in [6.45, 7) is 2.82. The lowest BCUT2D eigenvalue weighted by Crippen LogP contribution is -2.28. The molecule has 0 aliphatic heterocycles. The van der Waals surface area contributed by atoms with Gasteiger partial charge in [-0.15, -0.1) is 0 Å². The highest BCUT2D eigenvalue weighted by atomic mass is 32.1. The van der Waals surface area contributed by atoms with E-state index in [1.807, 2.05) is 24.3 Å². The minimum atomic E-state index is 0.490. The summed E-state index contributed by atoms with van der Waals surface area (Å²) in [5.41, 5.74) is 3.67. The van der Waals surface area contributed by atoms with Crippen LogP contribution in [0.1, 0.15) is 18.9 Å². The van der Waals surface area contributed by atoms with Gasteiger partial charge in [0.1, 0.15) is 5.75 Å². The van der Waals surface area contributed by atoms with Crippen LogP contribution in [0.25, 0.3) is 0 Å². The van der Waals surface area contributed by atoms with E-state index < -0.39 is 0 Å². The number of hydrazone groups is 1. The van der Waals surface area contributed by atoms with Crippen LogP contribution >= 0.6 is 12.2 Å². The van der Waals surface area contributed by atoms with E-state index in [1.54, 1.807) is 13.3 Å².